The molecule has 0 aliphatic carbocycles. The van der Waals surface area contributed by atoms with E-state index >= 15 is 0 Å². The third-order valence-corrected chi connectivity index (χ3v) is 8.66. The first kappa shape index (κ1) is 28.4. The number of hydrogen-bond donors (Lipinski definition) is 1. The zero-order valence-corrected chi connectivity index (χ0v) is 22.0. The van der Waals surface area contributed by atoms with E-state index < -0.39 is 49.4 Å². The third-order valence-electron chi connectivity index (χ3n) is 5.73. The number of nitrogens with one attached hydrogen (secondary N) is 1. The van der Waals surface area contributed by atoms with Gasteiger partial charge in [0.2, 0.25) is 20.0 Å². The van der Waals surface area contributed by atoms with Gasteiger partial charge < -0.3 is 4.74 Å². The maximum absolute atomic E-state index is 14.5. The number of piperazine rings is 1. The van der Waals surface area contributed by atoms with Crippen molar-refractivity contribution in [3.05, 3.63) is 69.7 Å². The summed E-state index contributed by atoms with van der Waals surface area (Å²) in [4.78, 5) is 13.5. The van der Waals surface area contributed by atoms with Crippen LogP contribution >= 0.6 is 11.6 Å². The molecule has 0 amide bonds. The Morgan fingerprint density at radius 2 is 1.72 bits per heavy atom. The van der Waals surface area contributed by atoms with E-state index in [-0.39, 0.29) is 35.8 Å². The van der Waals surface area contributed by atoms with Crippen molar-refractivity contribution in [2.75, 3.05) is 46.1 Å². The minimum absolute atomic E-state index is 0.0591. The van der Waals surface area contributed by atoms with Gasteiger partial charge in [-0.1, -0.05) is 23.7 Å². The number of nitrogens with zero attached hydrogens (tertiary/aromatic N) is 2. The van der Waals surface area contributed by atoms with Gasteiger partial charge in [-0.05, 0) is 29.8 Å². The van der Waals surface area contributed by atoms with Gasteiger partial charge in [0.05, 0.1) is 35.7 Å². The van der Waals surface area contributed by atoms with Gasteiger partial charge in [0.1, 0.15) is 11.6 Å². The van der Waals surface area contributed by atoms with Gasteiger partial charge >= 0.3 is 5.97 Å². The molecule has 0 aromatic heterocycles. The first-order chi connectivity index (χ1) is 16.8. The minimum atomic E-state index is -4.13. The van der Waals surface area contributed by atoms with Gasteiger partial charge in [-0.25, -0.2) is 35.1 Å². The maximum atomic E-state index is 14.5. The number of carbonyl (C=O) groups excluding carboxylic acids is 1. The van der Waals surface area contributed by atoms with Crippen LogP contribution in [0.1, 0.15) is 27.5 Å². The number of carbonyl (C=O) groups is 1. The second-order valence-electron chi connectivity index (χ2n) is 8.36. The Hall–Kier alpha value is -2.16. The molecule has 14 heteroatoms. The molecule has 1 heterocycles. The Labute approximate surface area is 214 Å². The van der Waals surface area contributed by atoms with Crippen LogP contribution in [0.25, 0.3) is 0 Å². The standard InChI is InChI=1S/C22H26ClF2N3O6S2/c1-34-22(29)16-3-4-17(20(25)12-16)14-36(32,33)26-21(15-5-6-19(24)18(23)11-15)13-27-7-9-28(10-8-27)35(2,30)31/h3-6,11-12,21,26H,7-10,13-14H2,1-2H3. The number of esters is 1. The normalized spacial score (nSPS) is 16.6. The summed E-state index contributed by atoms with van der Waals surface area (Å²) in [5.41, 5.74) is 0.168. The molecule has 9 nitrogen and oxygen atoms in total. The van der Waals surface area contributed by atoms with Crippen LogP contribution in [0.3, 0.4) is 0 Å². The van der Waals surface area contributed by atoms with Gasteiger partial charge in [-0.15, -0.1) is 0 Å². The van der Waals surface area contributed by atoms with E-state index in [1.807, 2.05) is 4.90 Å². The fourth-order valence-corrected chi connectivity index (χ4v) is 6.20. The summed E-state index contributed by atoms with van der Waals surface area (Å²) in [6.07, 6.45) is 1.12. The summed E-state index contributed by atoms with van der Waals surface area (Å²) in [6.45, 7) is 1.32. The van der Waals surface area contributed by atoms with E-state index in [4.69, 9.17) is 11.6 Å². The van der Waals surface area contributed by atoms with E-state index in [0.29, 0.717) is 18.7 Å². The molecule has 1 unspecified atom stereocenters. The van der Waals surface area contributed by atoms with Gasteiger partial charge in [-0.2, -0.15) is 4.31 Å². The topological polar surface area (TPSA) is 113 Å². The van der Waals surface area contributed by atoms with Crippen molar-refractivity contribution in [1.29, 1.82) is 0 Å². The predicted octanol–water partition coefficient (Wildman–Crippen LogP) is 2.14. The summed E-state index contributed by atoms with van der Waals surface area (Å²) in [5, 5.41) is -0.192. The zero-order valence-electron chi connectivity index (χ0n) is 19.6. The highest BCUT2D eigenvalue weighted by Gasteiger charge is 2.28. The van der Waals surface area contributed by atoms with Crippen molar-refractivity contribution >= 4 is 37.6 Å². The van der Waals surface area contributed by atoms with Gasteiger partial charge in [0, 0.05) is 38.3 Å². The summed E-state index contributed by atoms with van der Waals surface area (Å²) in [5.74, 6) is -3.03. The fraction of sp³-hybridized carbons (Fsp3) is 0.409. The van der Waals surface area contributed by atoms with Crippen LogP contribution < -0.4 is 4.72 Å². The molecule has 1 fully saturated rings. The minimum Gasteiger partial charge on any atom is -0.465 e. The first-order valence-electron chi connectivity index (χ1n) is 10.8. The Morgan fingerprint density at radius 1 is 1.06 bits per heavy atom. The Bertz CT molecular complexity index is 1330. The first-order valence-corrected chi connectivity index (χ1v) is 14.7. The lowest BCUT2D eigenvalue weighted by molar-refractivity contribution is 0.0600. The molecule has 0 saturated carbocycles. The molecule has 1 saturated heterocycles. The molecule has 0 bridgehead atoms. The van der Waals surface area contributed by atoms with E-state index in [1.54, 1.807) is 0 Å². The lowest BCUT2D eigenvalue weighted by atomic mass is 10.1. The molecule has 198 valence electrons. The molecule has 36 heavy (non-hydrogen) atoms. The molecule has 1 aliphatic rings. The smallest absolute Gasteiger partial charge is 0.337 e. The fourth-order valence-electron chi connectivity index (χ4n) is 3.81. The van der Waals surface area contributed by atoms with Crippen molar-refractivity contribution in [3.63, 3.8) is 0 Å². The summed E-state index contributed by atoms with van der Waals surface area (Å²) < 4.78 is 86.2. The van der Waals surface area contributed by atoms with Crippen molar-refractivity contribution in [2.24, 2.45) is 0 Å². The quantitative estimate of drug-likeness (QED) is 0.464. The van der Waals surface area contributed by atoms with Crippen molar-refractivity contribution < 1.29 is 35.1 Å². The van der Waals surface area contributed by atoms with Crippen LogP contribution in [0.15, 0.2) is 36.4 Å². The van der Waals surface area contributed by atoms with Crippen molar-refractivity contribution in [1.82, 2.24) is 13.9 Å². The molecule has 0 spiro atoms. The van der Waals surface area contributed by atoms with E-state index in [0.717, 1.165) is 25.5 Å². The number of hydrogen-bond acceptors (Lipinski definition) is 7. The molecule has 2 aromatic rings. The highest BCUT2D eigenvalue weighted by Crippen LogP contribution is 2.24. The molecule has 0 radical (unpaired) electrons. The van der Waals surface area contributed by atoms with Crippen molar-refractivity contribution in [3.8, 4) is 0 Å². The lowest BCUT2D eigenvalue weighted by Gasteiger charge is -2.35. The Balaban J connectivity index is 1.80. The number of halogens is 3. The highest BCUT2D eigenvalue weighted by atomic mass is 35.5. The van der Waals surface area contributed by atoms with Crippen LogP contribution in [-0.4, -0.2) is 78.1 Å². The van der Waals surface area contributed by atoms with E-state index in [9.17, 15) is 30.4 Å². The summed E-state index contributed by atoms with van der Waals surface area (Å²) >= 11 is 5.92. The third kappa shape index (κ3) is 7.43. The summed E-state index contributed by atoms with van der Waals surface area (Å²) in [7, 11) is -6.33. The molecule has 2 aromatic carbocycles. The van der Waals surface area contributed by atoms with Crippen LogP contribution in [0.4, 0.5) is 8.78 Å². The second-order valence-corrected chi connectivity index (χ2v) is 12.5. The van der Waals surface area contributed by atoms with Crippen LogP contribution in [0, 0.1) is 11.6 Å². The van der Waals surface area contributed by atoms with E-state index in [1.165, 1.54) is 28.6 Å². The Kier molecular flexibility index (Phi) is 9.06. The van der Waals surface area contributed by atoms with Gasteiger partial charge in [-0.3, -0.25) is 4.90 Å². The monoisotopic (exact) mass is 565 g/mol. The van der Waals surface area contributed by atoms with Crippen LogP contribution in [0.5, 0.6) is 0 Å². The van der Waals surface area contributed by atoms with Crippen LogP contribution in [-0.2, 0) is 30.5 Å². The van der Waals surface area contributed by atoms with Gasteiger partial charge in [0.25, 0.3) is 0 Å². The average Bonchev–Trinajstić information content (AvgIpc) is 2.80. The molecule has 1 aliphatic heterocycles. The van der Waals surface area contributed by atoms with Crippen molar-refractivity contribution in [2.45, 2.75) is 11.8 Å². The lowest BCUT2D eigenvalue weighted by Crippen LogP contribution is -2.50. The molecular weight excluding hydrogens is 540 g/mol. The highest BCUT2D eigenvalue weighted by molar-refractivity contribution is 7.88. The maximum Gasteiger partial charge on any atom is 0.337 e. The number of ether oxygens (including phenoxy) is 1. The molecule has 3 rings (SSSR count). The molecule has 1 atom stereocenters. The van der Waals surface area contributed by atoms with Gasteiger partial charge in [0.15, 0.2) is 0 Å². The summed E-state index contributed by atoms with van der Waals surface area (Å²) in [6, 6.07) is 6.29. The zero-order chi connectivity index (χ0) is 26.7. The Morgan fingerprint density at radius 3 is 2.28 bits per heavy atom. The van der Waals surface area contributed by atoms with E-state index in [2.05, 4.69) is 9.46 Å². The SMILES string of the molecule is COC(=O)c1ccc(CS(=O)(=O)NC(CN2CCN(S(C)(=O)=O)CC2)c2ccc(F)c(Cl)c2)c(F)c1. The largest absolute Gasteiger partial charge is 0.465 e. The number of rotatable bonds is 9. The second kappa shape index (κ2) is 11.5. The average molecular weight is 566 g/mol. The van der Waals surface area contributed by atoms with Crippen LogP contribution in [0.2, 0.25) is 5.02 Å². The molecule has 1 N–H and O–H groups in total. The number of methoxy groups -OCH3 is 1. The number of benzene rings is 2. The predicted molar refractivity (Wildman–Crippen MR) is 131 cm³/mol. The number of sulfonamides is 2. The molecular formula is C22H26ClF2N3O6S2.